The second-order valence-corrected chi connectivity index (χ2v) is 59.4. The van der Waals surface area contributed by atoms with Crippen LogP contribution in [0, 0.1) is 13.8 Å². The van der Waals surface area contributed by atoms with Crippen molar-refractivity contribution in [3.8, 4) is 22.3 Å². The monoisotopic (exact) mass is 825 g/mol. The van der Waals surface area contributed by atoms with E-state index in [-0.39, 0.29) is 7.25 Å². The maximum absolute atomic E-state index is 8.96. The van der Waals surface area contributed by atoms with Crippen molar-refractivity contribution in [3.63, 3.8) is 0 Å². The first-order valence-corrected chi connectivity index (χ1v) is 36.5. The van der Waals surface area contributed by atoms with E-state index in [2.05, 4.69) is 153 Å². The zero-order valence-corrected chi connectivity index (χ0v) is 38.6. The summed E-state index contributed by atoms with van der Waals surface area (Å²) in [5.41, 5.74) is 19.6. The first-order chi connectivity index (χ1) is 24.8. The van der Waals surface area contributed by atoms with Crippen LogP contribution in [0.2, 0.25) is 13.1 Å². The topological polar surface area (TPSA) is 0 Å². The standard InChI is InChI=1S/2C23H27.C2H7Si.2ClH.Zr/c2*1-5-6-10-18-14-19-12-13-20(16(2)3)23(22(19)15-18)21-11-8-7-9-17(21)4;1-3-2;;;/h2*7-9,11-16H,5-6,10H2,1-4H3;3H,1-2H3;2*1H;/q;;;;;+2/p-2. The van der Waals surface area contributed by atoms with Gasteiger partial charge in [-0.1, -0.05) is 0 Å². The van der Waals surface area contributed by atoms with Crippen LogP contribution in [0.5, 0.6) is 0 Å². The summed E-state index contributed by atoms with van der Waals surface area (Å²) in [6.07, 6.45) is 11.9. The molecule has 0 bridgehead atoms. The molecule has 0 aromatic heterocycles. The van der Waals surface area contributed by atoms with Crippen molar-refractivity contribution in [2.24, 2.45) is 0 Å². The molecule has 6 rings (SSSR count). The van der Waals surface area contributed by atoms with Crippen molar-refractivity contribution in [2.75, 3.05) is 0 Å². The van der Waals surface area contributed by atoms with Gasteiger partial charge in [0.15, 0.2) is 0 Å². The Morgan fingerprint density at radius 3 is 1.31 bits per heavy atom. The van der Waals surface area contributed by atoms with Crippen LogP contribution in [0.25, 0.3) is 34.4 Å². The number of fused-ring (bicyclic) bond motifs is 2. The molecule has 0 N–H and O–H groups in total. The Bertz CT molecular complexity index is 1890. The van der Waals surface area contributed by atoms with E-state index in [1.807, 2.05) is 0 Å². The van der Waals surface area contributed by atoms with Gasteiger partial charge < -0.3 is 0 Å². The van der Waals surface area contributed by atoms with Crippen molar-refractivity contribution in [1.82, 2.24) is 0 Å². The Hall–Kier alpha value is -1.96. The normalized spacial score (nSPS) is 17.7. The van der Waals surface area contributed by atoms with Crippen LogP contribution in [0.3, 0.4) is 0 Å². The Morgan fingerprint density at radius 1 is 0.596 bits per heavy atom. The molecule has 4 aromatic rings. The fraction of sp³-hybridized carbons (Fsp3) is 0.417. The predicted molar refractivity (Wildman–Crippen MR) is 232 cm³/mol. The molecular formula is C48H61Cl2SiZr. The molecule has 52 heavy (non-hydrogen) atoms. The summed E-state index contributed by atoms with van der Waals surface area (Å²) < 4.78 is 0.212. The van der Waals surface area contributed by atoms with Gasteiger partial charge in [-0.15, -0.1) is 0 Å². The molecule has 0 radical (unpaired) electrons. The number of unbranched alkanes of at least 4 members (excludes halogenated alkanes) is 2. The third kappa shape index (κ3) is 6.69. The Kier molecular flexibility index (Phi) is 12.0. The summed E-state index contributed by atoms with van der Waals surface area (Å²) >= 11 is -4.96. The first-order valence-electron chi connectivity index (χ1n) is 20.2. The van der Waals surface area contributed by atoms with E-state index >= 15 is 0 Å². The van der Waals surface area contributed by atoms with E-state index < -0.39 is 21.5 Å². The van der Waals surface area contributed by atoms with E-state index in [1.54, 1.807) is 0 Å². The van der Waals surface area contributed by atoms with Gasteiger partial charge in [-0.2, -0.15) is 0 Å². The first kappa shape index (κ1) is 39.7. The fourth-order valence-electron chi connectivity index (χ4n) is 9.66. The van der Waals surface area contributed by atoms with Crippen LogP contribution in [0.4, 0.5) is 0 Å². The molecule has 2 aliphatic rings. The van der Waals surface area contributed by atoms with Gasteiger partial charge in [0.2, 0.25) is 0 Å². The molecule has 0 aliphatic heterocycles. The number of halogens is 2. The summed E-state index contributed by atoms with van der Waals surface area (Å²) in [5.74, 6) is -0.882. The molecule has 2 unspecified atom stereocenters. The second kappa shape index (κ2) is 15.6. The van der Waals surface area contributed by atoms with E-state index in [1.165, 1.54) is 77.9 Å². The van der Waals surface area contributed by atoms with E-state index in [0.717, 1.165) is 38.5 Å². The number of hydrogen-bond acceptors (Lipinski definition) is 0. The Balaban J connectivity index is 1.68. The third-order valence-electron chi connectivity index (χ3n) is 12.6. The maximum atomic E-state index is 8.96. The van der Waals surface area contributed by atoms with Crippen molar-refractivity contribution >= 4 is 35.1 Å². The van der Waals surface area contributed by atoms with Crippen molar-refractivity contribution in [2.45, 2.75) is 126 Å². The van der Waals surface area contributed by atoms with Crippen molar-refractivity contribution in [1.29, 1.82) is 0 Å². The quantitative estimate of drug-likeness (QED) is 0.118. The number of rotatable bonds is 13. The summed E-state index contributed by atoms with van der Waals surface area (Å²) in [6, 6.07) is 27.7. The second-order valence-electron chi connectivity index (χ2n) is 16.9. The minimum atomic E-state index is -4.96. The SMILES string of the molecule is CCCCC1=Cc2c(ccc(C(C)C)c2-c2ccccc2C)[CH]1[Zr]([Cl])([Cl])([CH]1C(CCCC)=Cc2c1ccc(C(C)C)c2-c1ccccc1C)[SiH](C)C. The molecule has 0 amide bonds. The van der Waals surface area contributed by atoms with Gasteiger partial charge in [0.25, 0.3) is 0 Å². The van der Waals surface area contributed by atoms with Gasteiger partial charge in [0, 0.05) is 0 Å². The number of hydrogen-bond donors (Lipinski definition) is 0. The molecule has 4 aromatic carbocycles. The zero-order valence-electron chi connectivity index (χ0n) is 33.5. The average molecular weight is 828 g/mol. The van der Waals surface area contributed by atoms with Crippen LogP contribution < -0.4 is 0 Å². The van der Waals surface area contributed by atoms with Crippen LogP contribution in [0.1, 0.15) is 144 Å². The molecule has 0 spiro atoms. The molecule has 0 saturated carbocycles. The van der Waals surface area contributed by atoms with Gasteiger partial charge >= 0.3 is 327 Å². The van der Waals surface area contributed by atoms with Crippen LogP contribution in [-0.2, 0) is 15.6 Å². The Labute approximate surface area is 324 Å². The molecule has 275 valence electrons. The van der Waals surface area contributed by atoms with Crippen LogP contribution >= 0.6 is 17.0 Å². The molecule has 2 atom stereocenters. The molecule has 0 nitrogen and oxygen atoms in total. The molecule has 4 heteroatoms. The van der Waals surface area contributed by atoms with Gasteiger partial charge in [-0.3, -0.25) is 0 Å². The van der Waals surface area contributed by atoms with Crippen molar-refractivity contribution in [3.05, 3.63) is 128 Å². The summed E-state index contributed by atoms with van der Waals surface area (Å²) in [6.45, 7) is 23.5. The van der Waals surface area contributed by atoms with E-state index in [4.69, 9.17) is 17.0 Å². The van der Waals surface area contributed by atoms with Crippen molar-refractivity contribution < 1.29 is 15.6 Å². The third-order valence-corrected chi connectivity index (χ3v) is 64.4. The molecule has 2 aliphatic carbocycles. The van der Waals surface area contributed by atoms with Crippen LogP contribution in [0.15, 0.2) is 83.9 Å². The van der Waals surface area contributed by atoms with Gasteiger partial charge in [0.1, 0.15) is 0 Å². The molecule has 0 fully saturated rings. The molecule has 0 saturated heterocycles. The van der Waals surface area contributed by atoms with Crippen LogP contribution in [-0.4, -0.2) is 5.92 Å². The molecular weight excluding hydrogens is 767 g/mol. The Morgan fingerprint density at radius 2 is 0.981 bits per heavy atom. The van der Waals surface area contributed by atoms with Gasteiger partial charge in [-0.25, -0.2) is 0 Å². The van der Waals surface area contributed by atoms with E-state index in [9.17, 15) is 0 Å². The average Bonchev–Trinajstić information content (AvgIpc) is 3.69. The molecule has 0 heterocycles. The summed E-state index contributed by atoms with van der Waals surface area (Å²) in [7, 11) is 17.9. The number of benzene rings is 4. The predicted octanol–water partition coefficient (Wildman–Crippen LogP) is 15.8. The number of allylic oxidation sites excluding steroid dienone is 2. The summed E-state index contributed by atoms with van der Waals surface area (Å²) in [4.78, 5) is 0. The van der Waals surface area contributed by atoms with E-state index in [0.29, 0.717) is 11.8 Å². The summed E-state index contributed by atoms with van der Waals surface area (Å²) in [5, 5.41) is 0. The van der Waals surface area contributed by atoms with Gasteiger partial charge in [0.05, 0.1) is 0 Å². The number of aryl methyl sites for hydroxylation is 2. The zero-order chi connectivity index (χ0) is 37.6. The fourth-order valence-corrected chi connectivity index (χ4v) is 41.2. The van der Waals surface area contributed by atoms with Gasteiger partial charge in [-0.05, 0) is 0 Å². The minimum absolute atomic E-state index is 0.106.